The summed E-state index contributed by atoms with van der Waals surface area (Å²) in [6.07, 6.45) is 5.22. The minimum atomic E-state index is -0.345. The van der Waals surface area contributed by atoms with Crippen molar-refractivity contribution in [1.29, 1.82) is 0 Å². The highest BCUT2D eigenvalue weighted by atomic mass is 35.5. The lowest BCUT2D eigenvalue weighted by Gasteiger charge is -2.22. The number of carbonyl (C=O) groups excluding carboxylic acids is 1. The van der Waals surface area contributed by atoms with E-state index < -0.39 is 0 Å². The van der Waals surface area contributed by atoms with Crippen molar-refractivity contribution in [2.75, 3.05) is 0 Å². The summed E-state index contributed by atoms with van der Waals surface area (Å²) < 4.78 is 5.38. The lowest BCUT2D eigenvalue weighted by atomic mass is 10.0. The van der Waals surface area contributed by atoms with E-state index in [1.165, 1.54) is 26.2 Å². The molecule has 0 spiro atoms. The molecule has 0 radical (unpaired) electrons. The average Bonchev–Trinajstić information content (AvgIpc) is 2.41. The number of hydrogen-bond acceptors (Lipinski definition) is 2. The first-order valence-corrected chi connectivity index (χ1v) is 7.45. The van der Waals surface area contributed by atoms with Crippen LogP contribution in [0.5, 0.6) is 0 Å². The van der Waals surface area contributed by atoms with Crippen LogP contribution in [0.25, 0.3) is 0 Å². The van der Waals surface area contributed by atoms with E-state index in [4.69, 9.17) is 16.3 Å². The van der Waals surface area contributed by atoms with E-state index >= 15 is 0 Å². The van der Waals surface area contributed by atoms with Gasteiger partial charge in [-0.05, 0) is 12.0 Å². The Hall–Kier alpha value is -1.02. The Bertz CT molecular complexity index is 364. The zero-order valence-electron chi connectivity index (χ0n) is 11.8. The third-order valence-corrected chi connectivity index (χ3v) is 3.53. The van der Waals surface area contributed by atoms with Gasteiger partial charge in [-0.1, -0.05) is 62.9 Å². The highest BCUT2D eigenvalue weighted by Crippen LogP contribution is 2.29. The lowest BCUT2D eigenvalue weighted by Crippen LogP contribution is -2.19. The smallest absolute Gasteiger partial charge is 0.303 e. The van der Waals surface area contributed by atoms with Crippen LogP contribution in [-0.4, -0.2) is 11.3 Å². The van der Waals surface area contributed by atoms with E-state index in [0.717, 1.165) is 18.4 Å². The summed E-state index contributed by atoms with van der Waals surface area (Å²) in [5.74, 6) is -0.284. The fraction of sp³-hybridized carbons (Fsp3) is 0.562. The standard InChI is InChI=1S/C16H23ClO2/c1-3-4-5-9-12-15(17)16(19-13(2)18)14-10-7-6-8-11-14/h6-8,10-11,15-16H,3-5,9,12H2,1-2H3. The molecule has 0 saturated carbocycles. The van der Waals surface area contributed by atoms with Crippen LogP contribution in [-0.2, 0) is 9.53 Å². The highest BCUT2D eigenvalue weighted by molar-refractivity contribution is 6.21. The molecule has 2 atom stereocenters. The number of carbonyl (C=O) groups is 1. The largest absolute Gasteiger partial charge is 0.456 e. The molecule has 1 aromatic carbocycles. The molecule has 2 nitrogen and oxygen atoms in total. The first-order valence-electron chi connectivity index (χ1n) is 7.01. The maximum atomic E-state index is 11.2. The zero-order chi connectivity index (χ0) is 14.1. The van der Waals surface area contributed by atoms with Crippen molar-refractivity contribution in [1.82, 2.24) is 0 Å². The summed E-state index contributed by atoms with van der Waals surface area (Å²) in [5, 5.41) is -0.164. The van der Waals surface area contributed by atoms with Crippen LogP contribution < -0.4 is 0 Å². The molecule has 0 bridgehead atoms. The summed E-state index contributed by atoms with van der Waals surface area (Å²) in [7, 11) is 0. The Labute approximate surface area is 121 Å². The van der Waals surface area contributed by atoms with Gasteiger partial charge < -0.3 is 4.74 Å². The van der Waals surface area contributed by atoms with Crippen LogP contribution in [0.3, 0.4) is 0 Å². The van der Waals surface area contributed by atoms with Crippen molar-refractivity contribution in [2.24, 2.45) is 0 Å². The quantitative estimate of drug-likeness (QED) is 0.386. The van der Waals surface area contributed by atoms with Crippen molar-refractivity contribution in [3.8, 4) is 0 Å². The van der Waals surface area contributed by atoms with Gasteiger partial charge in [-0.3, -0.25) is 4.79 Å². The number of benzene rings is 1. The molecule has 0 heterocycles. The minimum absolute atomic E-state index is 0.164. The lowest BCUT2D eigenvalue weighted by molar-refractivity contribution is -0.146. The Kier molecular flexibility index (Phi) is 7.57. The van der Waals surface area contributed by atoms with E-state index in [1.54, 1.807) is 0 Å². The molecule has 106 valence electrons. The van der Waals surface area contributed by atoms with Crippen LogP contribution >= 0.6 is 11.6 Å². The van der Waals surface area contributed by atoms with Gasteiger partial charge in [0.25, 0.3) is 0 Å². The molecule has 0 fully saturated rings. The normalized spacial score (nSPS) is 13.8. The molecule has 1 aromatic rings. The molecule has 0 aliphatic rings. The second-order valence-corrected chi connectivity index (χ2v) is 5.37. The number of rotatable bonds is 8. The van der Waals surface area contributed by atoms with Gasteiger partial charge in [0.2, 0.25) is 0 Å². The molecule has 0 N–H and O–H groups in total. The highest BCUT2D eigenvalue weighted by Gasteiger charge is 2.23. The average molecular weight is 283 g/mol. The van der Waals surface area contributed by atoms with Gasteiger partial charge >= 0.3 is 5.97 Å². The molecule has 19 heavy (non-hydrogen) atoms. The van der Waals surface area contributed by atoms with Gasteiger partial charge in [0, 0.05) is 6.92 Å². The van der Waals surface area contributed by atoms with Crippen molar-refractivity contribution in [2.45, 2.75) is 57.4 Å². The summed E-state index contributed by atoms with van der Waals surface area (Å²) in [6, 6.07) is 9.72. The fourth-order valence-corrected chi connectivity index (χ4v) is 2.44. The van der Waals surface area contributed by atoms with E-state index in [-0.39, 0.29) is 17.5 Å². The zero-order valence-corrected chi connectivity index (χ0v) is 12.5. The first kappa shape index (κ1) is 16.0. The van der Waals surface area contributed by atoms with E-state index in [9.17, 15) is 4.79 Å². The van der Waals surface area contributed by atoms with Crippen LogP contribution in [0, 0.1) is 0 Å². The van der Waals surface area contributed by atoms with Gasteiger partial charge in [-0.2, -0.15) is 0 Å². The summed E-state index contributed by atoms with van der Waals surface area (Å²) in [5.41, 5.74) is 0.966. The summed E-state index contributed by atoms with van der Waals surface area (Å²) in [6.45, 7) is 3.61. The Morgan fingerprint density at radius 3 is 2.47 bits per heavy atom. The maximum absolute atomic E-state index is 11.2. The monoisotopic (exact) mass is 282 g/mol. The maximum Gasteiger partial charge on any atom is 0.303 e. The molecule has 0 aliphatic carbocycles. The van der Waals surface area contributed by atoms with E-state index in [0.29, 0.717) is 0 Å². The van der Waals surface area contributed by atoms with Crippen molar-refractivity contribution in [3.05, 3.63) is 35.9 Å². The minimum Gasteiger partial charge on any atom is -0.456 e. The Morgan fingerprint density at radius 2 is 1.89 bits per heavy atom. The van der Waals surface area contributed by atoms with Crippen LogP contribution in [0.2, 0.25) is 0 Å². The molecule has 0 aliphatic heterocycles. The van der Waals surface area contributed by atoms with Gasteiger partial charge in [0.1, 0.15) is 6.10 Å². The number of esters is 1. The van der Waals surface area contributed by atoms with Crippen LogP contribution in [0.4, 0.5) is 0 Å². The van der Waals surface area contributed by atoms with Crippen molar-refractivity contribution >= 4 is 17.6 Å². The molecular weight excluding hydrogens is 260 g/mol. The summed E-state index contributed by atoms with van der Waals surface area (Å²) in [4.78, 5) is 11.2. The first-order chi connectivity index (χ1) is 9.15. The molecule has 3 heteroatoms. The van der Waals surface area contributed by atoms with E-state index in [1.807, 2.05) is 30.3 Å². The predicted molar refractivity (Wildman–Crippen MR) is 79.3 cm³/mol. The molecule has 2 unspecified atom stereocenters. The fourth-order valence-electron chi connectivity index (χ4n) is 2.09. The molecule has 0 amide bonds. The third-order valence-electron chi connectivity index (χ3n) is 3.08. The number of ether oxygens (including phenoxy) is 1. The van der Waals surface area contributed by atoms with Gasteiger partial charge in [0.15, 0.2) is 0 Å². The SMILES string of the molecule is CCCCCCC(Cl)C(OC(C)=O)c1ccccc1. The Balaban J connectivity index is 2.60. The van der Waals surface area contributed by atoms with Gasteiger partial charge in [0.05, 0.1) is 5.38 Å². The number of unbranched alkanes of at least 4 members (excludes halogenated alkanes) is 3. The Morgan fingerprint density at radius 1 is 1.21 bits per heavy atom. The molecule has 0 saturated heterocycles. The molecule has 0 aromatic heterocycles. The number of alkyl halides is 1. The molecular formula is C16H23ClO2. The third kappa shape index (κ3) is 6.11. The summed E-state index contributed by atoms with van der Waals surface area (Å²) >= 11 is 6.43. The van der Waals surface area contributed by atoms with Crippen molar-refractivity contribution < 1.29 is 9.53 Å². The molecule has 1 rings (SSSR count). The van der Waals surface area contributed by atoms with Crippen molar-refractivity contribution in [3.63, 3.8) is 0 Å². The van der Waals surface area contributed by atoms with Gasteiger partial charge in [-0.15, -0.1) is 11.6 Å². The van der Waals surface area contributed by atoms with Gasteiger partial charge in [-0.25, -0.2) is 0 Å². The second kappa shape index (κ2) is 8.98. The van der Waals surface area contributed by atoms with E-state index in [2.05, 4.69) is 6.92 Å². The second-order valence-electron chi connectivity index (χ2n) is 4.81. The number of hydrogen-bond donors (Lipinski definition) is 0. The van der Waals surface area contributed by atoms with Crippen LogP contribution in [0.1, 0.15) is 57.6 Å². The number of halogens is 1. The topological polar surface area (TPSA) is 26.3 Å². The van der Waals surface area contributed by atoms with Crippen LogP contribution in [0.15, 0.2) is 30.3 Å². The predicted octanol–water partition coefficient (Wildman–Crippen LogP) is 4.87.